The number of carbonyl (C=O) groups is 5. The first kappa shape index (κ1) is 38.1. The number of carbonyl (C=O) groups excluding carboxylic acids is 5. The summed E-state index contributed by atoms with van der Waals surface area (Å²) in [5.74, 6) is -2.56. The average molecular weight is 699 g/mol. The van der Waals surface area contributed by atoms with Crippen molar-refractivity contribution in [3.8, 4) is 0 Å². The van der Waals surface area contributed by atoms with Gasteiger partial charge in [-0.15, -0.1) is 18.3 Å². The minimum absolute atomic E-state index is 0.0441. The molecule has 268 valence electrons. The topological polar surface area (TPSA) is 179 Å². The minimum atomic E-state index is -1.34. The number of thioether (sulfide) groups is 1. The first-order valence-corrected chi connectivity index (χ1v) is 17.9. The van der Waals surface area contributed by atoms with E-state index < -0.39 is 78.2 Å². The molecule has 0 radical (unpaired) electrons. The standard InChI is InChI=1S/C35H50N6O7S/c1-7-35(5,6)48-21(4)28-32(46)36-23(16-20(2)3)29(43)38-25(18-42)34(47)41-15-11-14-27(41)31(45)37-24(17-22-12-9-8-10-13-22)33-39-26(19-49-33)30(44)40-28/h7-10,12-13,20-21,23-28,42H,1,11,14-19H2,2-6H3,(H,36,46)(H,37,45)(H,38,43)(H,40,44)/t21-,23?,24-,25+,26-,27+,28+/m1/s1. The van der Waals surface area contributed by atoms with E-state index in [0.717, 1.165) is 5.56 Å². The average Bonchev–Trinajstić information content (AvgIpc) is 3.76. The van der Waals surface area contributed by atoms with Gasteiger partial charge in [0, 0.05) is 12.3 Å². The Morgan fingerprint density at radius 1 is 0.980 bits per heavy atom. The summed E-state index contributed by atoms with van der Waals surface area (Å²) in [6.07, 6.45) is 2.30. The van der Waals surface area contributed by atoms with E-state index >= 15 is 0 Å². The number of benzene rings is 1. The Labute approximate surface area is 292 Å². The molecule has 3 aliphatic rings. The number of hydrogen-bond acceptors (Lipinski definition) is 9. The largest absolute Gasteiger partial charge is 0.394 e. The Hall–Kier alpha value is -3.75. The van der Waals surface area contributed by atoms with Gasteiger partial charge in [-0.25, -0.2) is 0 Å². The lowest BCUT2D eigenvalue weighted by atomic mass is 10.0. The second kappa shape index (κ2) is 16.8. The number of nitrogens with zero attached hydrogens (tertiary/aromatic N) is 2. The molecule has 3 aliphatic heterocycles. The molecule has 5 amide bonds. The predicted molar refractivity (Wildman–Crippen MR) is 188 cm³/mol. The fraction of sp³-hybridized carbons (Fsp3) is 0.600. The van der Waals surface area contributed by atoms with Gasteiger partial charge in [-0.2, -0.15) is 0 Å². The summed E-state index contributed by atoms with van der Waals surface area (Å²) in [6.45, 7) is 12.3. The van der Waals surface area contributed by atoms with Gasteiger partial charge in [-0.3, -0.25) is 29.0 Å². The van der Waals surface area contributed by atoms with Crippen molar-refractivity contribution >= 4 is 46.3 Å². The Balaban J connectivity index is 1.74. The molecule has 4 rings (SSSR count). The van der Waals surface area contributed by atoms with Crippen molar-refractivity contribution < 1.29 is 33.8 Å². The highest BCUT2D eigenvalue weighted by Crippen LogP contribution is 2.25. The molecule has 1 fully saturated rings. The molecule has 1 unspecified atom stereocenters. The lowest BCUT2D eigenvalue weighted by molar-refractivity contribution is -0.143. The van der Waals surface area contributed by atoms with E-state index in [1.54, 1.807) is 26.8 Å². The Morgan fingerprint density at radius 3 is 2.31 bits per heavy atom. The highest BCUT2D eigenvalue weighted by atomic mass is 32.2. The van der Waals surface area contributed by atoms with Crippen LogP contribution < -0.4 is 21.3 Å². The van der Waals surface area contributed by atoms with Gasteiger partial charge >= 0.3 is 0 Å². The van der Waals surface area contributed by atoms with Crippen molar-refractivity contribution in [2.75, 3.05) is 18.9 Å². The number of nitrogens with one attached hydrogen (secondary N) is 4. The molecule has 3 heterocycles. The third kappa shape index (κ3) is 9.92. The number of ether oxygens (including phenoxy) is 1. The normalized spacial score (nSPS) is 28.0. The van der Waals surface area contributed by atoms with E-state index in [1.807, 2.05) is 44.2 Å². The van der Waals surface area contributed by atoms with Crippen LogP contribution in [0.2, 0.25) is 0 Å². The van der Waals surface area contributed by atoms with Gasteiger partial charge < -0.3 is 36.0 Å². The van der Waals surface area contributed by atoms with Gasteiger partial charge in [0.15, 0.2) is 0 Å². The number of rotatable bonds is 9. The minimum Gasteiger partial charge on any atom is -0.394 e. The van der Waals surface area contributed by atoms with Crippen molar-refractivity contribution in [2.45, 2.75) is 108 Å². The van der Waals surface area contributed by atoms with E-state index in [-0.39, 0.29) is 30.5 Å². The van der Waals surface area contributed by atoms with Crippen LogP contribution in [0.25, 0.3) is 0 Å². The van der Waals surface area contributed by atoms with Crippen LogP contribution in [0.3, 0.4) is 0 Å². The van der Waals surface area contributed by atoms with E-state index in [1.165, 1.54) is 16.7 Å². The number of fused-ring (bicyclic) bond motifs is 2. The lowest BCUT2D eigenvalue weighted by Gasteiger charge is -2.33. The molecule has 49 heavy (non-hydrogen) atoms. The fourth-order valence-corrected chi connectivity index (χ4v) is 7.30. The molecule has 2 bridgehead atoms. The summed E-state index contributed by atoms with van der Waals surface area (Å²) in [5, 5.41) is 22.1. The van der Waals surface area contributed by atoms with Crippen molar-refractivity contribution in [1.82, 2.24) is 26.2 Å². The molecule has 13 nitrogen and oxygen atoms in total. The molecule has 0 saturated carbocycles. The zero-order valence-electron chi connectivity index (χ0n) is 28.9. The van der Waals surface area contributed by atoms with Gasteiger partial charge in [-0.1, -0.05) is 50.3 Å². The Bertz CT molecular complexity index is 1420. The van der Waals surface area contributed by atoms with E-state index in [0.29, 0.717) is 24.3 Å². The van der Waals surface area contributed by atoms with Crippen LogP contribution in [-0.4, -0.2) is 111 Å². The molecule has 0 aromatic heterocycles. The molecule has 5 N–H and O–H groups in total. The first-order valence-electron chi connectivity index (χ1n) is 16.9. The van der Waals surface area contributed by atoms with Crippen LogP contribution in [-0.2, 0) is 35.1 Å². The molecular formula is C35H50N6O7S. The highest BCUT2D eigenvalue weighted by molar-refractivity contribution is 8.14. The number of aliphatic hydroxyl groups excluding tert-OH is 1. The number of aliphatic imine (C=N–C) groups is 1. The summed E-state index contributed by atoms with van der Waals surface area (Å²) in [4.78, 5) is 75.1. The second-order valence-corrected chi connectivity index (χ2v) is 14.8. The van der Waals surface area contributed by atoms with Gasteiger partial charge in [0.25, 0.3) is 0 Å². The predicted octanol–water partition coefficient (Wildman–Crippen LogP) is 1.09. The first-order chi connectivity index (χ1) is 23.2. The number of amides is 5. The summed E-state index contributed by atoms with van der Waals surface area (Å²) < 4.78 is 6.12. The Kier molecular flexibility index (Phi) is 13.0. The van der Waals surface area contributed by atoms with Crippen LogP contribution in [0.5, 0.6) is 0 Å². The molecule has 7 atom stereocenters. The van der Waals surface area contributed by atoms with Crippen molar-refractivity contribution in [2.24, 2.45) is 10.9 Å². The highest BCUT2D eigenvalue weighted by Gasteiger charge is 2.41. The zero-order chi connectivity index (χ0) is 35.9. The van der Waals surface area contributed by atoms with Crippen LogP contribution in [0.1, 0.15) is 59.4 Å². The second-order valence-electron chi connectivity index (χ2n) is 13.8. The molecule has 1 aromatic carbocycles. The maximum Gasteiger partial charge on any atom is 0.248 e. The third-order valence-corrected chi connectivity index (χ3v) is 10.0. The summed E-state index contributed by atoms with van der Waals surface area (Å²) in [7, 11) is 0. The molecule has 0 spiro atoms. The van der Waals surface area contributed by atoms with E-state index in [4.69, 9.17) is 9.73 Å². The molecular weight excluding hydrogens is 648 g/mol. The zero-order valence-corrected chi connectivity index (χ0v) is 29.8. The van der Waals surface area contributed by atoms with Gasteiger partial charge in [0.05, 0.1) is 29.4 Å². The van der Waals surface area contributed by atoms with E-state index in [2.05, 4.69) is 27.8 Å². The number of hydrogen-bond donors (Lipinski definition) is 5. The van der Waals surface area contributed by atoms with Crippen LogP contribution in [0, 0.1) is 5.92 Å². The number of aliphatic hydroxyl groups is 1. The Morgan fingerprint density at radius 2 is 1.65 bits per heavy atom. The molecule has 1 saturated heterocycles. The van der Waals surface area contributed by atoms with Gasteiger partial charge in [-0.05, 0) is 57.9 Å². The molecule has 14 heteroatoms. The van der Waals surface area contributed by atoms with Crippen LogP contribution in [0.4, 0.5) is 0 Å². The maximum absolute atomic E-state index is 13.9. The van der Waals surface area contributed by atoms with Gasteiger partial charge in [0.2, 0.25) is 29.5 Å². The van der Waals surface area contributed by atoms with Crippen molar-refractivity contribution in [3.05, 3.63) is 48.6 Å². The molecule has 0 aliphatic carbocycles. The monoisotopic (exact) mass is 698 g/mol. The van der Waals surface area contributed by atoms with Crippen LogP contribution in [0.15, 0.2) is 48.0 Å². The summed E-state index contributed by atoms with van der Waals surface area (Å²) in [6, 6.07) is 3.62. The quantitative estimate of drug-likeness (QED) is 0.238. The van der Waals surface area contributed by atoms with Gasteiger partial charge in [0.1, 0.15) is 30.2 Å². The lowest BCUT2D eigenvalue weighted by Crippen LogP contribution is -2.61. The fourth-order valence-electron chi connectivity index (χ4n) is 6.20. The van der Waals surface area contributed by atoms with E-state index in [9.17, 15) is 29.1 Å². The maximum atomic E-state index is 13.9. The summed E-state index contributed by atoms with van der Waals surface area (Å²) >= 11 is 1.35. The SMILES string of the molecule is C=CC(C)(C)O[C@H](C)[C@@H]1NC(=O)[C@H]2CSC(=N2)[C@@H](Cc2ccccc2)NC(=O)[C@@H]2CCCN2C(=O)[C@H](CO)NC(=O)C(CC(C)C)NC1=O. The third-order valence-electron chi connectivity index (χ3n) is 8.88. The summed E-state index contributed by atoms with van der Waals surface area (Å²) in [5.41, 5.74) is 0.0991. The molecule has 1 aromatic rings. The van der Waals surface area contributed by atoms with Crippen molar-refractivity contribution in [3.63, 3.8) is 0 Å². The van der Waals surface area contributed by atoms with Crippen LogP contribution >= 0.6 is 11.8 Å². The van der Waals surface area contributed by atoms with Crippen molar-refractivity contribution in [1.29, 1.82) is 0 Å². The smallest absolute Gasteiger partial charge is 0.248 e.